The van der Waals surface area contributed by atoms with Gasteiger partial charge in [0.2, 0.25) is 10.0 Å². The van der Waals surface area contributed by atoms with Gasteiger partial charge in [-0.3, -0.25) is 4.68 Å². The maximum Gasteiger partial charge on any atom is 0.217 e. The van der Waals surface area contributed by atoms with Crippen LogP contribution < -0.4 is 0 Å². The maximum absolute atomic E-state index is 12.6. The lowest BCUT2D eigenvalue weighted by Crippen LogP contribution is -2.40. The fourth-order valence-corrected chi connectivity index (χ4v) is 5.08. The first-order valence-electron chi connectivity index (χ1n) is 7.61. The lowest BCUT2D eigenvalue weighted by Gasteiger charge is -2.33. The molecule has 1 saturated carbocycles. The van der Waals surface area contributed by atoms with Crippen LogP contribution in [0.5, 0.6) is 0 Å². The van der Waals surface area contributed by atoms with Gasteiger partial charge in [-0.2, -0.15) is 9.40 Å². The fraction of sp³-hybridized carbons (Fsp3) is 0.438. The number of fused-ring (bicyclic) bond motifs is 1. The van der Waals surface area contributed by atoms with Gasteiger partial charge in [0.1, 0.15) is 0 Å². The minimum absolute atomic E-state index is 0.0622. The van der Waals surface area contributed by atoms with Crippen LogP contribution in [0, 0.1) is 0 Å². The second-order valence-corrected chi connectivity index (χ2v) is 8.45. The highest BCUT2D eigenvalue weighted by atomic mass is 32.2. The molecule has 0 amide bonds. The molecule has 0 spiro atoms. The first kappa shape index (κ1) is 14.0. The summed E-state index contributed by atoms with van der Waals surface area (Å²) >= 11 is 0. The molecule has 0 saturated heterocycles. The van der Waals surface area contributed by atoms with E-state index in [9.17, 15) is 8.42 Å². The molecule has 1 atom stereocenters. The Morgan fingerprint density at radius 3 is 2.68 bits per heavy atom. The average Bonchev–Trinajstić information content (AvgIpc) is 3.29. The third-order valence-electron chi connectivity index (χ3n) is 4.60. The molecule has 4 rings (SSSR count). The van der Waals surface area contributed by atoms with Gasteiger partial charge in [-0.05, 0) is 29.5 Å². The van der Waals surface area contributed by atoms with Crippen LogP contribution in [0.4, 0.5) is 0 Å². The molecule has 0 radical (unpaired) electrons. The molecule has 1 aromatic heterocycles. The zero-order valence-electron chi connectivity index (χ0n) is 12.5. The van der Waals surface area contributed by atoms with Crippen LogP contribution in [0.15, 0.2) is 36.7 Å². The summed E-state index contributed by atoms with van der Waals surface area (Å²) in [6, 6.07) is 8.14. The Morgan fingerprint density at radius 2 is 2.00 bits per heavy atom. The van der Waals surface area contributed by atoms with Gasteiger partial charge in [-0.15, -0.1) is 0 Å². The normalized spacial score (nSPS) is 22.5. The molecule has 1 aromatic carbocycles. The molecule has 1 aliphatic carbocycles. The lowest BCUT2D eigenvalue weighted by molar-refractivity contribution is 0.371. The summed E-state index contributed by atoms with van der Waals surface area (Å²) < 4.78 is 28.7. The Hall–Kier alpha value is -1.66. The van der Waals surface area contributed by atoms with Crippen molar-refractivity contribution in [3.05, 3.63) is 53.3 Å². The topological polar surface area (TPSA) is 55.2 Å². The number of aryl methyl sites for hydroxylation is 1. The number of aromatic nitrogens is 2. The third-order valence-corrected chi connectivity index (χ3v) is 6.91. The van der Waals surface area contributed by atoms with Crippen LogP contribution >= 0.6 is 0 Å². The van der Waals surface area contributed by atoms with E-state index < -0.39 is 10.0 Å². The Kier molecular flexibility index (Phi) is 3.13. The standard InChI is InChI=1S/C16H19N3O2S/c1-18-9-13(8-17-18)16-11-19(22(20,21)14-6-7-14)10-12-4-2-3-5-15(12)16/h2-5,8-9,14,16H,6-7,10-11H2,1H3. The second kappa shape index (κ2) is 4.93. The van der Waals surface area contributed by atoms with Crippen molar-refractivity contribution in [3.8, 4) is 0 Å². The maximum atomic E-state index is 12.6. The monoisotopic (exact) mass is 317 g/mol. The Balaban J connectivity index is 1.76. The van der Waals surface area contributed by atoms with Crippen molar-refractivity contribution in [1.29, 1.82) is 0 Å². The first-order chi connectivity index (χ1) is 10.6. The number of hydrogen-bond donors (Lipinski definition) is 0. The van der Waals surface area contributed by atoms with Crippen molar-refractivity contribution in [1.82, 2.24) is 14.1 Å². The highest BCUT2D eigenvalue weighted by Crippen LogP contribution is 2.38. The zero-order chi connectivity index (χ0) is 15.3. The molecule has 22 heavy (non-hydrogen) atoms. The van der Waals surface area contributed by atoms with Crippen molar-refractivity contribution < 1.29 is 8.42 Å². The van der Waals surface area contributed by atoms with E-state index in [1.807, 2.05) is 37.6 Å². The number of nitrogens with zero attached hydrogens (tertiary/aromatic N) is 3. The summed E-state index contributed by atoms with van der Waals surface area (Å²) in [6.07, 6.45) is 5.43. The van der Waals surface area contributed by atoms with Crippen molar-refractivity contribution in [2.75, 3.05) is 6.54 Å². The van der Waals surface area contributed by atoms with Gasteiger partial charge in [0.25, 0.3) is 0 Å². The van der Waals surface area contributed by atoms with Gasteiger partial charge in [0.15, 0.2) is 0 Å². The number of benzene rings is 1. The van der Waals surface area contributed by atoms with E-state index in [1.165, 1.54) is 5.56 Å². The second-order valence-electron chi connectivity index (χ2n) is 6.24. The highest BCUT2D eigenvalue weighted by molar-refractivity contribution is 7.90. The molecule has 116 valence electrons. The summed E-state index contributed by atoms with van der Waals surface area (Å²) in [5.41, 5.74) is 3.40. The summed E-state index contributed by atoms with van der Waals surface area (Å²) in [7, 11) is -1.27. The molecule has 1 fully saturated rings. The minimum Gasteiger partial charge on any atom is -0.276 e. The van der Waals surface area contributed by atoms with Crippen LogP contribution in [0.2, 0.25) is 0 Å². The van der Waals surface area contributed by atoms with Crippen LogP contribution in [-0.4, -0.2) is 34.3 Å². The smallest absolute Gasteiger partial charge is 0.217 e. The van der Waals surface area contributed by atoms with Gasteiger partial charge in [0.05, 0.1) is 11.4 Å². The fourth-order valence-electron chi connectivity index (χ4n) is 3.25. The van der Waals surface area contributed by atoms with E-state index in [1.54, 1.807) is 8.99 Å². The van der Waals surface area contributed by atoms with E-state index in [2.05, 4.69) is 11.2 Å². The number of hydrogen-bond acceptors (Lipinski definition) is 3. The average molecular weight is 317 g/mol. The molecule has 2 aliphatic rings. The Morgan fingerprint density at radius 1 is 1.23 bits per heavy atom. The van der Waals surface area contributed by atoms with Gasteiger partial charge >= 0.3 is 0 Å². The van der Waals surface area contributed by atoms with Gasteiger partial charge in [0, 0.05) is 32.3 Å². The van der Waals surface area contributed by atoms with E-state index >= 15 is 0 Å². The zero-order valence-corrected chi connectivity index (χ0v) is 13.3. The van der Waals surface area contributed by atoms with Crippen molar-refractivity contribution >= 4 is 10.0 Å². The molecule has 1 aliphatic heterocycles. The molecular weight excluding hydrogens is 298 g/mol. The predicted molar refractivity (Wildman–Crippen MR) is 83.8 cm³/mol. The Bertz CT molecular complexity index is 808. The van der Waals surface area contributed by atoms with E-state index in [-0.39, 0.29) is 11.2 Å². The van der Waals surface area contributed by atoms with Crippen LogP contribution in [0.25, 0.3) is 0 Å². The largest absolute Gasteiger partial charge is 0.276 e. The summed E-state index contributed by atoms with van der Waals surface area (Å²) in [5, 5.41) is 4.09. The Labute approximate surface area is 130 Å². The molecule has 6 heteroatoms. The minimum atomic E-state index is -3.16. The summed E-state index contributed by atoms with van der Waals surface area (Å²) in [6.45, 7) is 1.01. The van der Waals surface area contributed by atoms with Crippen LogP contribution in [-0.2, 0) is 23.6 Å². The summed E-state index contributed by atoms with van der Waals surface area (Å²) in [5.74, 6) is 0.0622. The van der Waals surface area contributed by atoms with E-state index in [0.29, 0.717) is 13.1 Å². The molecule has 0 bridgehead atoms. The van der Waals surface area contributed by atoms with Crippen molar-refractivity contribution in [3.63, 3.8) is 0 Å². The van der Waals surface area contributed by atoms with Crippen LogP contribution in [0.3, 0.4) is 0 Å². The van der Waals surface area contributed by atoms with E-state index in [0.717, 1.165) is 24.0 Å². The van der Waals surface area contributed by atoms with Gasteiger partial charge in [-0.1, -0.05) is 24.3 Å². The quantitative estimate of drug-likeness (QED) is 0.868. The van der Waals surface area contributed by atoms with Crippen molar-refractivity contribution in [2.45, 2.75) is 30.6 Å². The SMILES string of the molecule is Cn1cc(C2CN(S(=O)(=O)C3CC3)Cc3ccccc32)cn1. The van der Waals surface area contributed by atoms with Crippen LogP contribution in [0.1, 0.15) is 35.4 Å². The highest BCUT2D eigenvalue weighted by Gasteiger charge is 2.42. The molecule has 0 N–H and O–H groups in total. The molecular formula is C16H19N3O2S. The molecule has 2 aromatic rings. The van der Waals surface area contributed by atoms with Gasteiger partial charge < -0.3 is 0 Å². The van der Waals surface area contributed by atoms with E-state index in [4.69, 9.17) is 0 Å². The molecule has 2 heterocycles. The lowest BCUT2D eigenvalue weighted by atomic mass is 9.87. The summed E-state index contributed by atoms with van der Waals surface area (Å²) in [4.78, 5) is 0. The first-order valence-corrected chi connectivity index (χ1v) is 9.11. The molecule has 5 nitrogen and oxygen atoms in total. The molecule has 1 unspecified atom stereocenters. The van der Waals surface area contributed by atoms with Crippen molar-refractivity contribution in [2.24, 2.45) is 7.05 Å². The number of rotatable bonds is 3. The predicted octanol–water partition coefficient (Wildman–Crippen LogP) is 1.86. The third kappa shape index (κ3) is 2.27. The number of sulfonamides is 1. The van der Waals surface area contributed by atoms with Gasteiger partial charge in [-0.25, -0.2) is 8.42 Å².